The third-order valence-corrected chi connectivity index (χ3v) is 7.61. The number of nitrogens with zero attached hydrogens (tertiary/aromatic N) is 4. The van der Waals surface area contributed by atoms with Gasteiger partial charge in [0.25, 0.3) is 11.1 Å². The molecule has 2 aromatic heterocycles. The molecule has 0 spiro atoms. The Morgan fingerprint density at radius 3 is 2.63 bits per heavy atom. The van der Waals surface area contributed by atoms with Crippen LogP contribution in [-0.2, 0) is 14.6 Å². The Morgan fingerprint density at radius 2 is 1.97 bits per heavy atom. The number of sulfone groups is 1. The molecule has 2 N–H and O–H groups in total. The summed E-state index contributed by atoms with van der Waals surface area (Å²) in [4.78, 5) is 21.3. The molecule has 35 heavy (non-hydrogen) atoms. The lowest BCUT2D eigenvalue weighted by molar-refractivity contribution is 0.0699. The van der Waals surface area contributed by atoms with E-state index in [1.165, 1.54) is 4.52 Å². The van der Waals surface area contributed by atoms with Crippen LogP contribution in [0, 0.1) is 12.8 Å². The van der Waals surface area contributed by atoms with Crippen molar-refractivity contribution in [2.45, 2.75) is 50.2 Å². The predicted molar refractivity (Wildman–Crippen MR) is 131 cm³/mol. The lowest BCUT2D eigenvalue weighted by Crippen LogP contribution is -2.34. The number of fused-ring (bicyclic) bond motifs is 1. The first kappa shape index (κ1) is 23.7. The van der Waals surface area contributed by atoms with Gasteiger partial charge in [0.2, 0.25) is 15.8 Å². The van der Waals surface area contributed by atoms with E-state index in [9.17, 15) is 13.2 Å². The number of hydrogen-bond acceptors (Lipinski definition) is 8. The average Bonchev–Trinajstić information content (AvgIpc) is 3.37. The van der Waals surface area contributed by atoms with E-state index in [1.54, 1.807) is 12.3 Å². The van der Waals surface area contributed by atoms with Gasteiger partial charge in [0.1, 0.15) is 0 Å². The van der Waals surface area contributed by atoms with Crippen LogP contribution in [0.4, 0.5) is 5.95 Å². The van der Waals surface area contributed by atoms with Gasteiger partial charge in [-0.1, -0.05) is 12.1 Å². The summed E-state index contributed by atoms with van der Waals surface area (Å²) in [6.07, 6.45) is 6.59. The maximum atomic E-state index is 12.7. The number of ether oxygens (including phenoxy) is 1. The molecule has 0 unspecified atom stereocenters. The van der Waals surface area contributed by atoms with Crippen molar-refractivity contribution >= 4 is 27.3 Å². The predicted octanol–water partition coefficient (Wildman–Crippen LogP) is 2.62. The number of carbonyl (C=O) groups is 1. The van der Waals surface area contributed by atoms with E-state index in [0.717, 1.165) is 56.3 Å². The Bertz CT molecular complexity index is 1390. The van der Waals surface area contributed by atoms with Gasteiger partial charge in [0.15, 0.2) is 5.65 Å². The lowest BCUT2D eigenvalue weighted by Gasteiger charge is -2.22. The highest BCUT2D eigenvalue weighted by atomic mass is 32.2. The van der Waals surface area contributed by atoms with E-state index in [0.29, 0.717) is 35.2 Å². The summed E-state index contributed by atoms with van der Waals surface area (Å²) < 4.78 is 31.7. The van der Waals surface area contributed by atoms with E-state index in [2.05, 4.69) is 25.7 Å². The third kappa shape index (κ3) is 5.01. The molecule has 2 fully saturated rings. The van der Waals surface area contributed by atoms with Crippen LogP contribution >= 0.6 is 0 Å². The van der Waals surface area contributed by atoms with Crippen molar-refractivity contribution in [1.29, 1.82) is 0 Å². The molecule has 1 amide bonds. The summed E-state index contributed by atoms with van der Waals surface area (Å²) >= 11 is 0. The molecular weight excluding hydrogens is 468 g/mol. The number of aryl methyl sites for hydroxylation is 1. The van der Waals surface area contributed by atoms with Gasteiger partial charge in [-0.25, -0.2) is 8.42 Å². The summed E-state index contributed by atoms with van der Waals surface area (Å²) in [7, 11) is -3.65. The molecule has 5 rings (SSSR count). The van der Waals surface area contributed by atoms with Crippen LogP contribution in [0.2, 0.25) is 0 Å². The molecule has 10 nitrogen and oxygen atoms in total. The normalized spacial score (nSPS) is 17.9. The summed E-state index contributed by atoms with van der Waals surface area (Å²) in [5.41, 5.74) is 3.17. The van der Waals surface area contributed by atoms with Crippen LogP contribution in [0.15, 0.2) is 29.6 Å². The molecule has 0 atom stereocenters. The minimum absolute atomic E-state index is 0.0878. The number of carbonyl (C=O) groups excluding carboxylic acids is 1. The molecule has 1 aliphatic heterocycles. The fraction of sp³-hybridized carbons (Fsp3) is 0.500. The highest BCUT2D eigenvalue weighted by Crippen LogP contribution is 2.35. The number of anilines is 1. The minimum atomic E-state index is -3.65. The van der Waals surface area contributed by atoms with Crippen LogP contribution in [0.3, 0.4) is 0 Å². The largest absolute Gasteiger partial charge is 0.381 e. The zero-order chi connectivity index (χ0) is 24.8. The minimum Gasteiger partial charge on any atom is -0.381 e. The van der Waals surface area contributed by atoms with E-state index < -0.39 is 9.84 Å². The van der Waals surface area contributed by atoms with E-state index in [1.807, 2.05) is 26.0 Å². The highest BCUT2D eigenvalue weighted by Gasteiger charge is 2.39. The molecule has 3 aromatic rings. The second-order valence-electron chi connectivity index (χ2n) is 9.88. The molecule has 0 bridgehead atoms. The number of hydrogen-bond donors (Lipinski definition) is 2. The number of benzene rings is 1. The van der Waals surface area contributed by atoms with E-state index in [4.69, 9.17) is 4.74 Å². The van der Waals surface area contributed by atoms with Crippen LogP contribution in [-0.4, -0.2) is 65.5 Å². The first-order chi connectivity index (χ1) is 16.6. The van der Waals surface area contributed by atoms with Gasteiger partial charge in [-0.05, 0) is 62.6 Å². The van der Waals surface area contributed by atoms with Crippen molar-refractivity contribution in [2.24, 2.45) is 5.92 Å². The topological polar surface area (TPSA) is 128 Å². The molecule has 1 aliphatic carbocycles. The van der Waals surface area contributed by atoms with Crippen molar-refractivity contribution in [1.82, 2.24) is 24.9 Å². The molecule has 1 aromatic carbocycles. The van der Waals surface area contributed by atoms with Crippen molar-refractivity contribution in [3.8, 4) is 11.1 Å². The van der Waals surface area contributed by atoms with E-state index in [-0.39, 0.29) is 16.6 Å². The average molecular weight is 499 g/mol. The number of aromatic nitrogens is 4. The van der Waals surface area contributed by atoms with Gasteiger partial charge in [-0.3, -0.25) is 4.79 Å². The van der Waals surface area contributed by atoms with Gasteiger partial charge >= 0.3 is 0 Å². The summed E-state index contributed by atoms with van der Waals surface area (Å²) in [6, 6.07) is 5.53. The third-order valence-electron chi connectivity index (χ3n) is 6.77. The molecule has 2 aliphatic rings. The summed E-state index contributed by atoms with van der Waals surface area (Å²) in [5.74, 6) is 0.651. The van der Waals surface area contributed by atoms with Crippen LogP contribution in [0.5, 0.6) is 0 Å². The van der Waals surface area contributed by atoms with E-state index >= 15 is 0 Å². The molecule has 1 saturated heterocycles. The van der Waals surface area contributed by atoms with Gasteiger partial charge in [0.05, 0.1) is 6.20 Å². The molecule has 3 heterocycles. The zero-order valence-electron chi connectivity index (χ0n) is 20.2. The maximum Gasteiger partial charge on any atom is 0.252 e. The monoisotopic (exact) mass is 498 g/mol. The Balaban J connectivity index is 1.49. The van der Waals surface area contributed by atoms with Gasteiger partial charge in [-0.2, -0.15) is 19.6 Å². The molecular formula is C24H30N6O4S. The highest BCUT2D eigenvalue weighted by molar-refractivity contribution is 7.90. The van der Waals surface area contributed by atoms with Crippen LogP contribution in [0.25, 0.3) is 16.8 Å². The van der Waals surface area contributed by atoms with Crippen molar-refractivity contribution in [2.75, 3.05) is 31.3 Å². The Hall–Kier alpha value is -3.05. The fourth-order valence-corrected chi connectivity index (χ4v) is 4.77. The maximum absolute atomic E-state index is 12.7. The van der Waals surface area contributed by atoms with Crippen molar-refractivity contribution in [3.05, 3.63) is 35.5 Å². The Labute approximate surface area is 204 Å². The number of amides is 1. The Kier molecular flexibility index (Phi) is 6.00. The molecule has 186 valence electrons. The standard InChI is InChI=1S/C24H30N6O4S/c1-15-12-17(4-5-18(15)21(31)29-24(2)8-9-24)19-14-26-30-20(19)27-23(35(3,32)33)28-22(30)25-13-16-6-10-34-11-7-16/h4-5,12,14,16H,6-11,13H2,1-3H3,(H,29,31)(H,25,27,28). The first-order valence-corrected chi connectivity index (χ1v) is 13.7. The van der Waals surface area contributed by atoms with Crippen molar-refractivity contribution < 1.29 is 17.9 Å². The summed E-state index contributed by atoms with van der Waals surface area (Å²) in [6.45, 7) is 6.00. The lowest BCUT2D eigenvalue weighted by atomic mass is 10.0. The van der Waals surface area contributed by atoms with Gasteiger partial charge in [-0.15, -0.1) is 0 Å². The fourth-order valence-electron chi connectivity index (χ4n) is 4.27. The number of nitrogens with one attached hydrogen (secondary N) is 2. The van der Waals surface area contributed by atoms with Gasteiger partial charge < -0.3 is 15.4 Å². The number of rotatable bonds is 7. The second kappa shape index (κ2) is 8.87. The van der Waals surface area contributed by atoms with Crippen LogP contribution in [0.1, 0.15) is 48.5 Å². The zero-order valence-corrected chi connectivity index (χ0v) is 21.0. The summed E-state index contributed by atoms with van der Waals surface area (Å²) in [5, 5.41) is 10.6. The van der Waals surface area contributed by atoms with Crippen LogP contribution < -0.4 is 10.6 Å². The molecule has 1 saturated carbocycles. The molecule has 0 radical (unpaired) electrons. The molecule has 11 heteroatoms. The first-order valence-electron chi connectivity index (χ1n) is 11.8. The van der Waals surface area contributed by atoms with Gasteiger partial charge in [0, 0.05) is 42.7 Å². The van der Waals surface area contributed by atoms with Crippen molar-refractivity contribution in [3.63, 3.8) is 0 Å². The quantitative estimate of drug-likeness (QED) is 0.509. The smallest absolute Gasteiger partial charge is 0.252 e. The second-order valence-corrected chi connectivity index (χ2v) is 11.8. The Morgan fingerprint density at radius 1 is 1.23 bits per heavy atom. The SMILES string of the molecule is Cc1cc(-c2cnn3c(NCC4CCOCC4)nc(S(C)(=O)=O)nc23)ccc1C(=O)NC1(C)CC1.